The molecule has 0 aliphatic carbocycles. The van der Waals surface area contributed by atoms with E-state index in [-0.39, 0.29) is 5.91 Å². The summed E-state index contributed by atoms with van der Waals surface area (Å²) in [6, 6.07) is 12.2. The summed E-state index contributed by atoms with van der Waals surface area (Å²) in [5, 5.41) is 25.4. The molecule has 0 radical (unpaired) electrons. The minimum absolute atomic E-state index is 0.125. The van der Waals surface area contributed by atoms with Crippen molar-refractivity contribution in [3.8, 4) is 12.1 Å². The first-order chi connectivity index (χ1) is 14.0. The van der Waals surface area contributed by atoms with E-state index in [4.69, 9.17) is 0 Å². The van der Waals surface area contributed by atoms with Crippen LogP contribution in [0.1, 0.15) is 54.9 Å². The number of benzene rings is 1. The van der Waals surface area contributed by atoms with E-state index in [1.165, 1.54) is 12.8 Å². The van der Waals surface area contributed by atoms with Gasteiger partial charge in [0, 0.05) is 29.5 Å². The number of hydrogen-bond acceptors (Lipinski definition) is 5. The number of nitrogens with one attached hydrogen (secondary N) is 2. The summed E-state index contributed by atoms with van der Waals surface area (Å²) < 4.78 is 0. The van der Waals surface area contributed by atoms with Crippen molar-refractivity contribution in [3.63, 3.8) is 0 Å². The molecule has 1 amide bonds. The molecule has 6 heteroatoms. The van der Waals surface area contributed by atoms with Crippen molar-refractivity contribution in [1.29, 1.82) is 10.5 Å². The molecule has 150 valence electrons. The molecule has 2 aliphatic heterocycles. The second-order valence-electron chi connectivity index (χ2n) is 7.81. The predicted octanol–water partition coefficient (Wildman–Crippen LogP) is 3.18. The van der Waals surface area contributed by atoms with Crippen LogP contribution in [0.2, 0.25) is 0 Å². The molecule has 29 heavy (non-hydrogen) atoms. The number of dihydropyridines is 1. The minimum Gasteiger partial charge on any atom is -0.361 e. The smallest absolute Gasteiger partial charge is 0.251 e. The van der Waals surface area contributed by atoms with Gasteiger partial charge in [0.15, 0.2) is 0 Å². The van der Waals surface area contributed by atoms with Crippen LogP contribution in [0.4, 0.5) is 0 Å². The van der Waals surface area contributed by atoms with E-state index in [1.54, 1.807) is 12.1 Å². The van der Waals surface area contributed by atoms with Crippen LogP contribution >= 0.6 is 0 Å². The van der Waals surface area contributed by atoms with E-state index in [9.17, 15) is 15.3 Å². The molecule has 3 rings (SSSR count). The van der Waals surface area contributed by atoms with Crippen molar-refractivity contribution < 1.29 is 4.79 Å². The molecule has 0 spiro atoms. The predicted molar refractivity (Wildman–Crippen MR) is 112 cm³/mol. The third kappa shape index (κ3) is 4.34. The van der Waals surface area contributed by atoms with Gasteiger partial charge < -0.3 is 15.5 Å². The van der Waals surface area contributed by atoms with Crippen LogP contribution in [0.5, 0.6) is 0 Å². The highest BCUT2D eigenvalue weighted by Gasteiger charge is 2.29. The van der Waals surface area contributed by atoms with E-state index in [0.29, 0.717) is 29.3 Å². The van der Waals surface area contributed by atoms with E-state index in [1.807, 2.05) is 26.0 Å². The molecule has 2 N–H and O–H groups in total. The van der Waals surface area contributed by atoms with Crippen molar-refractivity contribution in [2.24, 2.45) is 0 Å². The number of nitrogens with zero attached hydrogens (tertiary/aromatic N) is 3. The van der Waals surface area contributed by atoms with Crippen LogP contribution in [0.25, 0.3) is 0 Å². The van der Waals surface area contributed by atoms with Gasteiger partial charge in [-0.1, -0.05) is 12.1 Å². The monoisotopic (exact) mass is 389 g/mol. The molecule has 1 fully saturated rings. The van der Waals surface area contributed by atoms with Gasteiger partial charge in [-0.05, 0) is 64.4 Å². The zero-order chi connectivity index (χ0) is 21.0. The number of allylic oxidation sites excluding steroid dienone is 4. The second-order valence-corrected chi connectivity index (χ2v) is 7.81. The number of likely N-dealkylation sites (tertiary alicyclic amines) is 1. The minimum atomic E-state index is -0.453. The van der Waals surface area contributed by atoms with Gasteiger partial charge in [0.1, 0.15) is 0 Å². The Morgan fingerprint density at radius 1 is 1.24 bits per heavy atom. The Bertz CT molecular complexity index is 911. The molecule has 2 heterocycles. The zero-order valence-corrected chi connectivity index (χ0v) is 17.2. The molecule has 6 nitrogen and oxygen atoms in total. The summed E-state index contributed by atoms with van der Waals surface area (Å²) >= 11 is 0. The molecule has 0 aromatic heterocycles. The van der Waals surface area contributed by atoms with Crippen molar-refractivity contribution in [2.75, 3.05) is 20.1 Å². The van der Waals surface area contributed by atoms with Crippen LogP contribution in [-0.4, -0.2) is 37.0 Å². The summed E-state index contributed by atoms with van der Waals surface area (Å²) in [5.74, 6) is -0.578. The van der Waals surface area contributed by atoms with Gasteiger partial charge in [0.2, 0.25) is 0 Å². The first-order valence-corrected chi connectivity index (χ1v) is 10.0. The van der Waals surface area contributed by atoms with Gasteiger partial charge in [-0.2, -0.15) is 10.5 Å². The fourth-order valence-electron chi connectivity index (χ4n) is 4.28. The summed E-state index contributed by atoms with van der Waals surface area (Å²) in [5.41, 5.74) is 3.82. The Morgan fingerprint density at radius 2 is 1.93 bits per heavy atom. The second kappa shape index (κ2) is 8.94. The lowest BCUT2D eigenvalue weighted by Gasteiger charge is -2.26. The molecule has 0 bridgehead atoms. The Labute approximate surface area is 172 Å². The molecule has 1 atom stereocenters. The summed E-state index contributed by atoms with van der Waals surface area (Å²) in [6.07, 6.45) is 3.34. The normalized spacial score (nSPS) is 20.2. The van der Waals surface area contributed by atoms with Crippen LogP contribution in [0, 0.1) is 22.7 Å². The Kier molecular flexibility index (Phi) is 6.36. The maximum atomic E-state index is 12.7. The number of nitriles is 2. The highest BCUT2D eigenvalue weighted by atomic mass is 16.1. The van der Waals surface area contributed by atoms with E-state index in [0.717, 1.165) is 29.9 Å². The van der Waals surface area contributed by atoms with E-state index < -0.39 is 5.92 Å². The van der Waals surface area contributed by atoms with Gasteiger partial charge >= 0.3 is 0 Å². The van der Waals surface area contributed by atoms with Crippen LogP contribution in [0.3, 0.4) is 0 Å². The Hall–Kier alpha value is -3.09. The summed E-state index contributed by atoms with van der Waals surface area (Å²) in [6.45, 7) is 5.43. The topological polar surface area (TPSA) is 92.0 Å². The average molecular weight is 390 g/mol. The molecular weight excluding hydrogens is 362 g/mol. The van der Waals surface area contributed by atoms with Gasteiger partial charge in [0.25, 0.3) is 5.91 Å². The average Bonchev–Trinajstić information content (AvgIpc) is 3.12. The molecule has 2 aliphatic rings. The number of carbonyl (C=O) groups excluding carboxylic acids is 1. The number of amides is 1. The van der Waals surface area contributed by atoms with E-state index >= 15 is 0 Å². The SMILES string of the molecule is CC1=C(C#N)C(c2cccc(C(=O)NCCC3CCCN3C)c2)C(C#N)=C(C)N1. The van der Waals surface area contributed by atoms with Gasteiger partial charge in [-0.15, -0.1) is 0 Å². The largest absolute Gasteiger partial charge is 0.361 e. The molecule has 1 saturated heterocycles. The summed E-state index contributed by atoms with van der Waals surface area (Å²) in [7, 11) is 2.13. The summed E-state index contributed by atoms with van der Waals surface area (Å²) in [4.78, 5) is 15.0. The lowest BCUT2D eigenvalue weighted by Crippen LogP contribution is -2.31. The Morgan fingerprint density at radius 3 is 2.52 bits per heavy atom. The fourth-order valence-corrected chi connectivity index (χ4v) is 4.28. The Balaban J connectivity index is 1.77. The maximum Gasteiger partial charge on any atom is 0.251 e. The van der Waals surface area contributed by atoms with Gasteiger partial charge in [0.05, 0.1) is 29.2 Å². The zero-order valence-electron chi connectivity index (χ0n) is 17.2. The van der Waals surface area contributed by atoms with Gasteiger partial charge in [-0.3, -0.25) is 4.79 Å². The van der Waals surface area contributed by atoms with Gasteiger partial charge in [-0.25, -0.2) is 0 Å². The third-order valence-corrected chi connectivity index (χ3v) is 5.92. The lowest BCUT2D eigenvalue weighted by molar-refractivity contribution is 0.0950. The number of rotatable bonds is 5. The van der Waals surface area contributed by atoms with E-state index in [2.05, 4.69) is 34.7 Å². The van der Waals surface area contributed by atoms with Crippen molar-refractivity contribution in [3.05, 3.63) is 57.9 Å². The lowest BCUT2D eigenvalue weighted by atomic mass is 9.81. The van der Waals surface area contributed by atoms with Crippen LogP contribution in [0.15, 0.2) is 46.8 Å². The standard InChI is InChI=1S/C23H27N5O/c1-15-20(13-24)22(21(14-25)16(2)27-15)17-6-4-7-18(12-17)23(29)26-10-9-19-8-5-11-28(19)3/h4,6-7,12,19,22,27H,5,8-11H2,1-3H3,(H,26,29). The first kappa shape index (κ1) is 20.6. The molecule has 1 unspecified atom stereocenters. The fraction of sp³-hybridized carbons (Fsp3) is 0.435. The number of hydrogen-bond donors (Lipinski definition) is 2. The molecule has 1 aromatic rings. The third-order valence-electron chi connectivity index (χ3n) is 5.92. The highest BCUT2D eigenvalue weighted by Crippen LogP contribution is 2.37. The van der Waals surface area contributed by atoms with Crippen molar-refractivity contribution in [2.45, 2.75) is 45.1 Å². The van der Waals surface area contributed by atoms with Crippen molar-refractivity contribution in [1.82, 2.24) is 15.5 Å². The first-order valence-electron chi connectivity index (χ1n) is 10.0. The maximum absolute atomic E-state index is 12.7. The molecule has 1 aromatic carbocycles. The molecular formula is C23H27N5O. The quantitative estimate of drug-likeness (QED) is 0.807. The molecule has 0 saturated carbocycles. The number of carbonyl (C=O) groups is 1. The van der Waals surface area contributed by atoms with Crippen molar-refractivity contribution >= 4 is 5.91 Å². The van der Waals surface area contributed by atoms with Crippen LogP contribution in [-0.2, 0) is 0 Å². The van der Waals surface area contributed by atoms with Crippen LogP contribution < -0.4 is 10.6 Å². The highest BCUT2D eigenvalue weighted by molar-refractivity contribution is 5.94.